The molecule has 0 aliphatic carbocycles. The second-order valence-corrected chi connectivity index (χ2v) is 1.62. The molecule has 0 amide bonds. The summed E-state index contributed by atoms with van der Waals surface area (Å²) < 4.78 is 5.06. The van der Waals surface area contributed by atoms with Crippen molar-refractivity contribution in [3.05, 3.63) is 25.0 Å². The van der Waals surface area contributed by atoms with Gasteiger partial charge in [0.2, 0.25) is 0 Å². The van der Waals surface area contributed by atoms with Gasteiger partial charge in [-0.2, -0.15) is 0 Å². The van der Waals surface area contributed by atoms with Crippen LogP contribution in [-0.2, 0) is 4.74 Å². The van der Waals surface area contributed by atoms with E-state index < -0.39 is 0 Å². The predicted molar refractivity (Wildman–Crippen MR) is 39.2 cm³/mol. The third-order valence-corrected chi connectivity index (χ3v) is 0.867. The molecular weight excluding hydrogens is 114 g/mol. The normalized spacial score (nSPS) is 8.56. The summed E-state index contributed by atoms with van der Waals surface area (Å²) in [6, 6.07) is 0. The van der Waals surface area contributed by atoms with Gasteiger partial charge in [-0.15, -0.1) is 0 Å². The maximum Gasteiger partial charge on any atom is 0.111 e. The highest BCUT2D eigenvalue weighted by atomic mass is 16.5. The molecule has 0 bridgehead atoms. The fourth-order valence-electron chi connectivity index (χ4n) is 0.343. The smallest absolute Gasteiger partial charge is 0.111 e. The van der Waals surface area contributed by atoms with Gasteiger partial charge in [-0.3, -0.25) is 0 Å². The first-order valence-corrected chi connectivity index (χ1v) is 2.90. The van der Waals surface area contributed by atoms with Gasteiger partial charge < -0.3 is 10.1 Å². The Balaban J connectivity index is 3.07. The zero-order valence-corrected chi connectivity index (χ0v) is 5.81. The largest absolute Gasteiger partial charge is 0.493 e. The molecule has 0 aliphatic rings. The lowest BCUT2D eigenvalue weighted by atomic mass is 10.5. The van der Waals surface area contributed by atoms with Crippen LogP contribution in [-0.4, -0.2) is 20.2 Å². The Morgan fingerprint density at radius 1 is 1.78 bits per heavy atom. The standard InChI is InChI=1S/C7H13NO/c1-4-7(2)9-6-5-8-3/h4,8H,1-2,5-6H2,3H3. The lowest BCUT2D eigenvalue weighted by Crippen LogP contribution is -2.13. The zero-order chi connectivity index (χ0) is 7.11. The quantitative estimate of drug-likeness (QED) is 0.337. The molecule has 0 atom stereocenters. The van der Waals surface area contributed by atoms with Crippen molar-refractivity contribution >= 4 is 0 Å². The molecule has 0 aromatic heterocycles. The van der Waals surface area contributed by atoms with E-state index >= 15 is 0 Å². The Labute approximate surface area is 56.2 Å². The first-order valence-electron chi connectivity index (χ1n) is 2.90. The number of rotatable bonds is 5. The van der Waals surface area contributed by atoms with Gasteiger partial charge in [-0.05, 0) is 13.1 Å². The van der Waals surface area contributed by atoms with Gasteiger partial charge in [0.25, 0.3) is 0 Å². The minimum absolute atomic E-state index is 0.630. The minimum atomic E-state index is 0.630. The summed E-state index contributed by atoms with van der Waals surface area (Å²) in [5, 5.41) is 2.95. The minimum Gasteiger partial charge on any atom is -0.493 e. The van der Waals surface area contributed by atoms with E-state index in [4.69, 9.17) is 4.74 Å². The second-order valence-electron chi connectivity index (χ2n) is 1.62. The molecule has 0 aliphatic heterocycles. The van der Waals surface area contributed by atoms with Gasteiger partial charge in [0.15, 0.2) is 0 Å². The average Bonchev–Trinajstić information content (AvgIpc) is 1.89. The molecule has 9 heavy (non-hydrogen) atoms. The summed E-state index contributed by atoms with van der Waals surface area (Å²) in [6.07, 6.45) is 1.59. The zero-order valence-electron chi connectivity index (χ0n) is 5.81. The van der Waals surface area contributed by atoms with E-state index in [0.717, 1.165) is 6.54 Å². The maximum atomic E-state index is 5.06. The van der Waals surface area contributed by atoms with E-state index in [9.17, 15) is 0 Å². The van der Waals surface area contributed by atoms with Crippen LogP contribution in [0, 0.1) is 0 Å². The molecule has 0 aromatic rings. The highest BCUT2D eigenvalue weighted by molar-refractivity contribution is 5.01. The Morgan fingerprint density at radius 3 is 2.89 bits per heavy atom. The van der Waals surface area contributed by atoms with Crippen molar-refractivity contribution in [1.82, 2.24) is 5.32 Å². The van der Waals surface area contributed by atoms with Gasteiger partial charge in [0.05, 0.1) is 0 Å². The van der Waals surface area contributed by atoms with E-state index in [1.165, 1.54) is 0 Å². The number of ether oxygens (including phenoxy) is 1. The molecule has 0 unspecified atom stereocenters. The molecule has 2 nitrogen and oxygen atoms in total. The summed E-state index contributed by atoms with van der Waals surface area (Å²) in [7, 11) is 1.88. The number of likely N-dealkylation sites (N-methyl/N-ethyl adjacent to an activating group) is 1. The summed E-state index contributed by atoms with van der Waals surface area (Å²) >= 11 is 0. The van der Waals surface area contributed by atoms with Gasteiger partial charge in [0.1, 0.15) is 12.4 Å². The summed E-state index contributed by atoms with van der Waals surface area (Å²) in [5.74, 6) is 0.630. The SMILES string of the molecule is C=CC(=C)OCCNC. The van der Waals surface area contributed by atoms with Gasteiger partial charge in [0, 0.05) is 6.54 Å². The highest BCUT2D eigenvalue weighted by Crippen LogP contribution is 1.90. The van der Waals surface area contributed by atoms with E-state index in [-0.39, 0.29) is 0 Å². The molecule has 0 heterocycles. The van der Waals surface area contributed by atoms with Gasteiger partial charge >= 0.3 is 0 Å². The van der Waals surface area contributed by atoms with Crippen LogP contribution in [0.3, 0.4) is 0 Å². The van der Waals surface area contributed by atoms with Crippen LogP contribution in [0.15, 0.2) is 25.0 Å². The van der Waals surface area contributed by atoms with Gasteiger partial charge in [-0.1, -0.05) is 13.2 Å². The van der Waals surface area contributed by atoms with Crippen LogP contribution in [0.1, 0.15) is 0 Å². The van der Waals surface area contributed by atoms with Crippen molar-refractivity contribution in [2.45, 2.75) is 0 Å². The van der Waals surface area contributed by atoms with Crippen LogP contribution in [0.2, 0.25) is 0 Å². The third-order valence-electron chi connectivity index (χ3n) is 0.867. The molecule has 0 radical (unpaired) electrons. The molecule has 0 saturated carbocycles. The van der Waals surface area contributed by atoms with Crippen molar-refractivity contribution in [2.24, 2.45) is 0 Å². The van der Waals surface area contributed by atoms with Crippen LogP contribution in [0.5, 0.6) is 0 Å². The third kappa shape index (κ3) is 5.11. The van der Waals surface area contributed by atoms with E-state index in [1.807, 2.05) is 7.05 Å². The van der Waals surface area contributed by atoms with Crippen LogP contribution in [0.4, 0.5) is 0 Å². The van der Waals surface area contributed by atoms with E-state index in [0.29, 0.717) is 12.4 Å². The number of nitrogens with one attached hydrogen (secondary N) is 1. The summed E-state index contributed by atoms with van der Waals surface area (Å²) in [5.41, 5.74) is 0. The van der Waals surface area contributed by atoms with E-state index in [2.05, 4.69) is 18.5 Å². The van der Waals surface area contributed by atoms with E-state index in [1.54, 1.807) is 6.08 Å². The number of allylic oxidation sites excluding steroid dienone is 1. The lowest BCUT2D eigenvalue weighted by Gasteiger charge is -2.02. The van der Waals surface area contributed by atoms with Crippen molar-refractivity contribution in [3.8, 4) is 0 Å². The first-order chi connectivity index (χ1) is 4.31. The molecular formula is C7H13NO. The van der Waals surface area contributed by atoms with Crippen LogP contribution in [0.25, 0.3) is 0 Å². The molecule has 0 rings (SSSR count). The molecule has 0 saturated heterocycles. The molecule has 0 spiro atoms. The number of hydrogen-bond acceptors (Lipinski definition) is 2. The molecule has 0 aromatic carbocycles. The predicted octanol–water partition coefficient (Wildman–Crippen LogP) is 0.922. The Hall–Kier alpha value is -0.760. The van der Waals surface area contributed by atoms with Gasteiger partial charge in [-0.25, -0.2) is 0 Å². The van der Waals surface area contributed by atoms with Crippen molar-refractivity contribution in [3.63, 3.8) is 0 Å². The Morgan fingerprint density at radius 2 is 2.44 bits per heavy atom. The Kier molecular flexibility index (Phi) is 4.92. The fourth-order valence-corrected chi connectivity index (χ4v) is 0.343. The summed E-state index contributed by atoms with van der Waals surface area (Å²) in [4.78, 5) is 0. The first kappa shape index (κ1) is 8.24. The molecule has 1 N–H and O–H groups in total. The van der Waals surface area contributed by atoms with Crippen molar-refractivity contribution < 1.29 is 4.74 Å². The Bertz CT molecular complexity index is 99.1. The fraction of sp³-hybridized carbons (Fsp3) is 0.429. The number of hydrogen-bond donors (Lipinski definition) is 1. The van der Waals surface area contributed by atoms with Crippen molar-refractivity contribution in [1.29, 1.82) is 0 Å². The second kappa shape index (κ2) is 5.38. The highest BCUT2D eigenvalue weighted by Gasteiger charge is 1.84. The van der Waals surface area contributed by atoms with Crippen LogP contribution >= 0.6 is 0 Å². The average molecular weight is 127 g/mol. The summed E-state index contributed by atoms with van der Waals surface area (Å²) in [6.45, 7) is 8.57. The lowest BCUT2D eigenvalue weighted by molar-refractivity contribution is 0.229. The topological polar surface area (TPSA) is 21.3 Å². The van der Waals surface area contributed by atoms with Crippen molar-refractivity contribution in [2.75, 3.05) is 20.2 Å². The van der Waals surface area contributed by atoms with Crippen LogP contribution < -0.4 is 5.32 Å². The maximum absolute atomic E-state index is 5.06. The molecule has 2 heteroatoms. The molecule has 52 valence electrons. The molecule has 0 fully saturated rings. The monoisotopic (exact) mass is 127 g/mol.